The van der Waals surface area contributed by atoms with Gasteiger partial charge in [-0.15, -0.1) is 0 Å². The Morgan fingerprint density at radius 3 is 1.72 bits per heavy atom. The second-order valence-corrected chi connectivity index (χ2v) is 10.2. The van der Waals surface area contributed by atoms with E-state index >= 15 is 0 Å². The first-order valence-electron chi connectivity index (χ1n) is 12.2. The Kier molecular flexibility index (Phi) is 5.15. The molecule has 1 aliphatic heterocycles. The first kappa shape index (κ1) is 21.1. The van der Waals surface area contributed by atoms with Gasteiger partial charge in [0.1, 0.15) is 5.37 Å². The summed E-state index contributed by atoms with van der Waals surface area (Å²) in [5.41, 5.74) is 5.95. The molecule has 1 heterocycles. The number of nitrogens with one attached hydrogen (secondary N) is 1. The summed E-state index contributed by atoms with van der Waals surface area (Å²) in [4.78, 5) is 3.66. The molecule has 0 fully saturated rings. The predicted molar refractivity (Wildman–Crippen MR) is 155 cm³/mol. The van der Waals surface area contributed by atoms with Crippen LogP contribution in [0.2, 0.25) is 0 Å². The largest absolute Gasteiger partial charge is 0.368 e. The molecule has 2 nitrogen and oxygen atoms in total. The minimum absolute atomic E-state index is 0.193. The number of hydrogen-bond acceptors (Lipinski definition) is 3. The maximum atomic E-state index is 3.88. The lowest BCUT2D eigenvalue weighted by Gasteiger charge is -2.26. The molecule has 0 spiro atoms. The van der Waals surface area contributed by atoms with Crippen molar-refractivity contribution in [2.75, 3.05) is 10.2 Å². The smallest absolute Gasteiger partial charge is 0.103 e. The third kappa shape index (κ3) is 3.52. The molecule has 6 aromatic carbocycles. The second-order valence-electron chi connectivity index (χ2n) is 9.04. The van der Waals surface area contributed by atoms with E-state index in [4.69, 9.17) is 0 Å². The van der Waals surface area contributed by atoms with Crippen molar-refractivity contribution in [2.45, 2.75) is 10.3 Å². The van der Waals surface area contributed by atoms with Crippen LogP contribution in [0.15, 0.2) is 138 Å². The van der Waals surface area contributed by atoms with Crippen molar-refractivity contribution < 1.29 is 0 Å². The molecule has 0 aromatic heterocycles. The molecule has 1 aliphatic rings. The van der Waals surface area contributed by atoms with Crippen LogP contribution < -0.4 is 10.2 Å². The molecule has 6 aromatic rings. The van der Waals surface area contributed by atoms with Gasteiger partial charge in [0.2, 0.25) is 0 Å². The molecule has 1 N–H and O–H groups in total. The van der Waals surface area contributed by atoms with E-state index < -0.39 is 0 Å². The monoisotopic (exact) mass is 480 g/mol. The first-order chi connectivity index (χ1) is 17.9. The molecular weight excluding hydrogens is 456 g/mol. The lowest BCUT2D eigenvalue weighted by atomic mass is 9.99. The molecule has 0 amide bonds. The fourth-order valence-corrected chi connectivity index (χ4v) is 6.51. The first-order valence-corrected chi connectivity index (χ1v) is 13.1. The molecule has 1 atom stereocenters. The Morgan fingerprint density at radius 2 is 1.06 bits per heavy atom. The Morgan fingerprint density at radius 1 is 0.500 bits per heavy atom. The third-order valence-electron chi connectivity index (χ3n) is 6.86. The normalized spacial score (nSPS) is 14.5. The molecular formula is C33H24N2S. The molecule has 0 aliphatic carbocycles. The highest BCUT2D eigenvalue weighted by atomic mass is 32.2. The number of thioether (sulfide) groups is 1. The zero-order valence-corrected chi connectivity index (χ0v) is 20.5. The van der Waals surface area contributed by atoms with Gasteiger partial charge in [-0.3, -0.25) is 0 Å². The summed E-state index contributed by atoms with van der Waals surface area (Å²) in [5.74, 6) is 0. The Hall–Kier alpha value is -4.21. The number of hydrogen-bond donors (Lipinski definition) is 1. The number of para-hydroxylation sites is 2. The minimum atomic E-state index is 0.193. The van der Waals surface area contributed by atoms with E-state index in [2.05, 4.69) is 144 Å². The van der Waals surface area contributed by atoms with Crippen LogP contribution in [0.4, 0.5) is 22.7 Å². The summed E-state index contributed by atoms with van der Waals surface area (Å²) in [6, 6.07) is 47.6. The lowest BCUT2D eigenvalue weighted by molar-refractivity contribution is 1.14. The standard InChI is InChI=1S/C33H24N2S/c1-4-12-23(13-5-1)33-34-31-30-22-26(20-21-28(30)27-18-10-11-19-29(27)32(31)36-33)35(24-14-6-2-7-15-24)25-16-8-3-9-17-25/h1-22,33-34H. The Labute approximate surface area is 215 Å². The SMILES string of the molecule is c1ccc(C2Nc3c(c4ccccc4c4ccc(N(c5ccccc5)c5ccccc5)cc34)S2)cc1. The van der Waals surface area contributed by atoms with Crippen molar-refractivity contribution in [3.8, 4) is 0 Å². The fourth-order valence-electron chi connectivity index (χ4n) is 5.21. The van der Waals surface area contributed by atoms with E-state index in [0.29, 0.717) is 0 Å². The average Bonchev–Trinajstić information content (AvgIpc) is 3.41. The Balaban J connectivity index is 1.45. The molecule has 0 radical (unpaired) electrons. The molecule has 0 saturated heterocycles. The quantitative estimate of drug-likeness (QED) is 0.253. The van der Waals surface area contributed by atoms with Crippen LogP contribution >= 0.6 is 11.8 Å². The summed E-state index contributed by atoms with van der Waals surface area (Å²) in [5, 5.41) is 9.21. The molecule has 1 unspecified atom stereocenters. The van der Waals surface area contributed by atoms with Crippen LogP contribution in [0.1, 0.15) is 10.9 Å². The molecule has 36 heavy (non-hydrogen) atoms. The Bertz CT molecular complexity index is 1640. The zero-order valence-electron chi connectivity index (χ0n) is 19.6. The zero-order chi connectivity index (χ0) is 23.9. The summed E-state index contributed by atoms with van der Waals surface area (Å²) in [6.45, 7) is 0. The highest BCUT2D eigenvalue weighted by Crippen LogP contribution is 2.53. The predicted octanol–water partition coefficient (Wildman–Crippen LogP) is 9.68. The average molecular weight is 481 g/mol. The third-order valence-corrected chi connectivity index (χ3v) is 8.15. The highest BCUT2D eigenvalue weighted by molar-refractivity contribution is 8.00. The van der Waals surface area contributed by atoms with Gasteiger partial charge in [0.15, 0.2) is 0 Å². The van der Waals surface area contributed by atoms with Gasteiger partial charge < -0.3 is 10.2 Å². The van der Waals surface area contributed by atoms with Gasteiger partial charge in [-0.1, -0.05) is 109 Å². The van der Waals surface area contributed by atoms with Gasteiger partial charge in [0, 0.05) is 27.3 Å². The van der Waals surface area contributed by atoms with Crippen molar-refractivity contribution in [3.05, 3.63) is 139 Å². The van der Waals surface area contributed by atoms with Gasteiger partial charge in [0.05, 0.1) is 5.69 Å². The maximum Gasteiger partial charge on any atom is 0.103 e. The summed E-state index contributed by atoms with van der Waals surface area (Å²) in [6.07, 6.45) is 0. The van der Waals surface area contributed by atoms with Crippen molar-refractivity contribution >= 4 is 56.1 Å². The van der Waals surface area contributed by atoms with Crippen LogP contribution in [0.5, 0.6) is 0 Å². The number of benzene rings is 6. The van der Waals surface area contributed by atoms with Crippen LogP contribution in [-0.4, -0.2) is 0 Å². The topological polar surface area (TPSA) is 15.3 Å². The van der Waals surface area contributed by atoms with E-state index in [1.807, 2.05) is 11.8 Å². The van der Waals surface area contributed by atoms with Crippen molar-refractivity contribution in [3.63, 3.8) is 0 Å². The summed E-state index contributed by atoms with van der Waals surface area (Å²) in [7, 11) is 0. The van der Waals surface area contributed by atoms with Gasteiger partial charge in [0.25, 0.3) is 0 Å². The molecule has 3 heteroatoms. The summed E-state index contributed by atoms with van der Waals surface area (Å²) < 4.78 is 0. The van der Waals surface area contributed by atoms with Crippen LogP contribution in [-0.2, 0) is 0 Å². The van der Waals surface area contributed by atoms with Gasteiger partial charge in [-0.05, 0) is 58.1 Å². The maximum absolute atomic E-state index is 3.88. The molecule has 7 rings (SSSR count). The van der Waals surface area contributed by atoms with Gasteiger partial charge in [-0.2, -0.15) is 0 Å². The molecule has 0 bridgehead atoms. The van der Waals surface area contributed by atoms with Crippen LogP contribution in [0.25, 0.3) is 21.5 Å². The van der Waals surface area contributed by atoms with Gasteiger partial charge >= 0.3 is 0 Å². The van der Waals surface area contributed by atoms with Crippen molar-refractivity contribution in [1.29, 1.82) is 0 Å². The number of anilines is 4. The van der Waals surface area contributed by atoms with E-state index in [1.54, 1.807) is 0 Å². The van der Waals surface area contributed by atoms with E-state index in [1.165, 1.54) is 37.7 Å². The van der Waals surface area contributed by atoms with Crippen molar-refractivity contribution in [1.82, 2.24) is 0 Å². The lowest BCUT2D eigenvalue weighted by Crippen LogP contribution is -2.09. The number of nitrogens with zero attached hydrogens (tertiary/aromatic N) is 1. The van der Waals surface area contributed by atoms with E-state index in [9.17, 15) is 0 Å². The van der Waals surface area contributed by atoms with Crippen molar-refractivity contribution in [2.24, 2.45) is 0 Å². The van der Waals surface area contributed by atoms with Crippen LogP contribution in [0, 0.1) is 0 Å². The molecule has 0 saturated carbocycles. The second kappa shape index (κ2) is 8.78. The summed E-state index contributed by atoms with van der Waals surface area (Å²) >= 11 is 1.92. The fraction of sp³-hybridized carbons (Fsp3) is 0.0303. The van der Waals surface area contributed by atoms with E-state index in [0.717, 1.165) is 17.1 Å². The highest BCUT2D eigenvalue weighted by Gasteiger charge is 2.28. The molecule has 172 valence electrons. The number of fused-ring (bicyclic) bond motifs is 6. The number of rotatable bonds is 4. The van der Waals surface area contributed by atoms with Gasteiger partial charge in [-0.25, -0.2) is 0 Å². The van der Waals surface area contributed by atoms with E-state index in [-0.39, 0.29) is 5.37 Å². The minimum Gasteiger partial charge on any atom is -0.368 e. The van der Waals surface area contributed by atoms with Crippen LogP contribution in [0.3, 0.4) is 0 Å².